The molecule has 0 saturated carbocycles. The SMILES string of the molecule is Cc1cccc(NC(=O)/C(C#N)=C\c2ccc(-c3cc(C(=O)[O-])ccc3C)o2)c1. The number of benzene rings is 2. The lowest BCUT2D eigenvalue weighted by Crippen LogP contribution is -2.22. The second-order valence-electron chi connectivity index (χ2n) is 6.51. The number of hydrogen-bond acceptors (Lipinski definition) is 5. The Morgan fingerprint density at radius 3 is 2.59 bits per heavy atom. The van der Waals surface area contributed by atoms with Gasteiger partial charge in [0.15, 0.2) is 0 Å². The van der Waals surface area contributed by atoms with Crippen LogP contribution in [0, 0.1) is 25.2 Å². The number of carbonyl (C=O) groups excluding carboxylic acids is 2. The lowest BCUT2D eigenvalue weighted by molar-refractivity contribution is -0.255. The molecule has 0 aliphatic heterocycles. The molecule has 1 N–H and O–H groups in total. The highest BCUT2D eigenvalue weighted by Crippen LogP contribution is 2.27. The van der Waals surface area contributed by atoms with Crippen LogP contribution in [0.5, 0.6) is 0 Å². The Balaban J connectivity index is 1.86. The Morgan fingerprint density at radius 2 is 1.90 bits per heavy atom. The van der Waals surface area contributed by atoms with Crippen LogP contribution in [0.15, 0.2) is 64.6 Å². The summed E-state index contributed by atoms with van der Waals surface area (Å²) in [4.78, 5) is 23.5. The third-order valence-electron chi connectivity index (χ3n) is 4.29. The minimum atomic E-state index is -1.28. The van der Waals surface area contributed by atoms with Crippen molar-refractivity contribution in [1.29, 1.82) is 5.26 Å². The van der Waals surface area contributed by atoms with Crippen molar-refractivity contribution in [3.05, 3.63) is 82.6 Å². The third kappa shape index (κ3) is 4.60. The number of anilines is 1. The molecule has 1 amide bonds. The van der Waals surface area contributed by atoms with Gasteiger partial charge in [0.1, 0.15) is 23.2 Å². The summed E-state index contributed by atoms with van der Waals surface area (Å²) in [6, 6.07) is 17.0. The second kappa shape index (κ2) is 8.28. The number of carboxylic acid groups (broad SMARTS) is 1. The van der Waals surface area contributed by atoms with E-state index in [1.165, 1.54) is 18.2 Å². The first-order chi connectivity index (χ1) is 13.9. The van der Waals surface area contributed by atoms with Crippen LogP contribution in [-0.2, 0) is 4.79 Å². The number of furan rings is 1. The van der Waals surface area contributed by atoms with E-state index in [2.05, 4.69) is 5.32 Å². The number of nitrogens with one attached hydrogen (secondary N) is 1. The van der Waals surface area contributed by atoms with Gasteiger partial charge in [0.25, 0.3) is 5.91 Å². The molecule has 1 heterocycles. The molecule has 3 aromatic rings. The maximum atomic E-state index is 12.4. The maximum absolute atomic E-state index is 12.4. The number of rotatable bonds is 5. The van der Waals surface area contributed by atoms with Crippen LogP contribution in [0.4, 0.5) is 5.69 Å². The summed E-state index contributed by atoms with van der Waals surface area (Å²) in [5, 5.41) is 23.1. The summed E-state index contributed by atoms with van der Waals surface area (Å²) in [5.41, 5.74) is 2.90. The standard InChI is InChI=1S/C23H18N2O4/c1-14-4-3-5-18(10-14)25-22(26)17(13-24)11-19-8-9-21(29-19)20-12-16(23(27)28)7-6-15(20)2/h3-12H,1-2H3,(H,25,26)(H,27,28)/p-1/b17-11-. The van der Waals surface area contributed by atoms with E-state index in [9.17, 15) is 20.0 Å². The van der Waals surface area contributed by atoms with Crippen LogP contribution in [-0.4, -0.2) is 11.9 Å². The van der Waals surface area contributed by atoms with Crippen molar-refractivity contribution in [2.24, 2.45) is 0 Å². The predicted octanol–water partition coefficient (Wildman–Crippen LogP) is 3.47. The van der Waals surface area contributed by atoms with Crippen molar-refractivity contribution in [2.75, 3.05) is 5.32 Å². The molecule has 2 aromatic carbocycles. The van der Waals surface area contributed by atoms with Crippen molar-refractivity contribution in [3.63, 3.8) is 0 Å². The van der Waals surface area contributed by atoms with Gasteiger partial charge in [-0.2, -0.15) is 5.26 Å². The van der Waals surface area contributed by atoms with Crippen molar-refractivity contribution in [3.8, 4) is 17.4 Å². The number of amides is 1. The highest BCUT2D eigenvalue weighted by atomic mass is 16.4. The quantitative estimate of drug-likeness (QED) is 0.535. The molecule has 0 spiro atoms. The molecule has 0 radical (unpaired) electrons. The molecule has 0 atom stereocenters. The zero-order valence-electron chi connectivity index (χ0n) is 15.9. The smallest absolute Gasteiger partial charge is 0.266 e. The highest BCUT2D eigenvalue weighted by Gasteiger charge is 2.13. The van der Waals surface area contributed by atoms with Gasteiger partial charge in [0, 0.05) is 17.3 Å². The summed E-state index contributed by atoms with van der Waals surface area (Å²) in [5.74, 6) is -1.11. The van der Waals surface area contributed by atoms with Crippen LogP contribution < -0.4 is 10.4 Å². The molecule has 0 fully saturated rings. The Hall–Kier alpha value is -4.11. The van der Waals surface area contributed by atoms with Crippen LogP contribution in [0.1, 0.15) is 27.2 Å². The monoisotopic (exact) mass is 385 g/mol. The molecule has 144 valence electrons. The number of carboxylic acids is 1. The van der Waals surface area contributed by atoms with Gasteiger partial charge in [0.05, 0.1) is 5.97 Å². The van der Waals surface area contributed by atoms with Crippen molar-refractivity contribution >= 4 is 23.6 Å². The van der Waals surface area contributed by atoms with E-state index < -0.39 is 11.9 Å². The molecule has 0 aliphatic rings. The van der Waals surface area contributed by atoms with E-state index in [0.717, 1.165) is 11.1 Å². The van der Waals surface area contributed by atoms with Crippen molar-refractivity contribution in [2.45, 2.75) is 13.8 Å². The van der Waals surface area contributed by atoms with Gasteiger partial charge in [-0.1, -0.05) is 24.3 Å². The van der Waals surface area contributed by atoms with Gasteiger partial charge >= 0.3 is 0 Å². The molecule has 6 nitrogen and oxygen atoms in total. The topological polar surface area (TPSA) is 106 Å². The molecular weight excluding hydrogens is 368 g/mol. The molecule has 0 bridgehead atoms. The number of carbonyl (C=O) groups is 2. The molecule has 3 rings (SSSR count). The van der Waals surface area contributed by atoms with Gasteiger partial charge in [-0.3, -0.25) is 4.79 Å². The van der Waals surface area contributed by atoms with E-state index >= 15 is 0 Å². The van der Waals surface area contributed by atoms with Crippen molar-refractivity contribution in [1.82, 2.24) is 0 Å². The van der Waals surface area contributed by atoms with E-state index in [1.54, 1.807) is 30.3 Å². The Labute approximate surface area is 167 Å². The lowest BCUT2D eigenvalue weighted by atomic mass is 10.0. The van der Waals surface area contributed by atoms with Crippen LogP contribution in [0.25, 0.3) is 17.4 Å². The van der Waals surface area contributed by atoms with Crippen LogP contribution in [0.2, 0.25) is 0 Å². The fourth-order valence-corrected chi connectivity index (χ4v) is 2.80. The fraction of sp³-hybridized carbons (Fsp3) is 0.0870. The average Bonchev–Trinajstić information content (AvgIpc) is 3.14. The molecule has 6 heteroatoms. The van der Waals surface area contributed by atoms with E-state index in [-0.39, 0.29) is 11.1 Å². The summed E-state index contributed by atoms with van der Waals surface area (Å²) in [6.07, 6.45) is 1.34. The molecule has 0 saturated heterocycles. The first-order valence-corrected chi connectivity index (χ1v) is 8.79. The molecule has 1 aromatic heterocycles. The molecule has 0 aliphatic carbocycles. The molecular formula is C23H17N2O4-. The third-order valence-corrected chi connectivity index (χ3v) is 4.29. The van der Waals surface area contributed by atoms with Crippen LogP contribution in [0.3, 0.4) is 0 Å². The Morgan fingerprint density at radius 1 is 1.10 bits per heavy atom. The summed E-state index contributed by atoms with van der Waals surface area (Å²) in [7, 11) is 0. The normalized spacial score (nSPS) is 11.0. The Bertz CT molecular complexity index is 1170. The predicted molar refractivity (Wildman–Crippen MR) is 107 cm³/mol. The van der Waals surface area contributed by atoms with Crippen molar-refractivity contribution < 1.29 is 19.1 Å². The van der Waals surface area contributed by atoms with Gasteiger partial charge in [-0.25, -0.2) is 0 Å². The van der Waals surface area contributed by atoms with E-state index in [1.807, 2.05) is 32.0 Å². The zero-order chi connectivity index (χ0) is 21.0. The van der Waals surface area contributed by atoms with Crippen LogP contribution >= 0.6 is 0 Å². The first kappa shape index (κ1) is 19.6. The number of hydrogen-bond donors (Lipinski definition) is 1. The average molecular weight is 385 g/mol. The summed E-state index contributed by atoms with van der Waals surface area (Å²) < 4.78 is 5.72. The van der Waals surface area contributed by atoms with E-state index in [4.69, 9.17) is 4.42 Å². The lowest BCUT2D eigenvalue weighted by Gasteiger charge is -2.07. The number of nitriles is 1. The van der Waals surface area contributed by atoms with Gasteiger partial charge in [-0.05, 0) is 60.9 Å². The zero-order valence-corrected chi connectivity index (χ0v) is 15.9. The van der Waals surface area contributed by atoms with Gasteiger partial charge < -0.3 is 19.6 Å². The number of aryl methyl sites for hydroxylation is 2. The summed E-state index contributed by atoms with van der Waals surface area (Å²) >= 11 is 0. The largest absolute Gasteiger partial charge is 0.545 e. The fourth-order valence-electron chi connectivity index (χ4n) is 2.80. The van der Waals surface area contributed by atoms with Gasteiger partial charge in [-0.15, -0.1) is 0 Å². The molecule has 0 unspecified atom stereocenters. The number of aromatic carboxylic acids is 1. The summed E-state index contributed by atoms with van der Waals surface area (Å²) in [6.45, 7) is 3.72. The second-order valence-corrected chi connectivity index (χ2v) is 6.51. The minimum absolute atomic E-state index is 0.0364. The minimum Gasteiger partial charge on any atom is -0.545 e. The Kier molecular flexibility index (Phi) is 5.61. The first-order valence-electron chi connectivity index (χ1n) is 8.79. The van der Waals surface area contributed by atoms with Gasteiger partial charge in [0.2, 0.25) is 0 Å². The highest BCUT2D eigenvalue weighted by molar-refractivity contribution is 6.09. The maximum Gasteiger partial charge on any atom is 0.266 e. The molecule has 29 heavy (non-hydrogen) atoms. The van der Waals surface area contributed by atoms with E-state index in [0.29, 0.717) is 22.8 Å². The number of nitrogens with zero attached hydrogens (tertiary/aromatic N) is 1.